The molecule has 1 nitrogen and oxygen atoms in total. The number of piperidine rings is 1. The minimum absolute atomic E-state index is 0. The van der Waals surface area contributed by atoms with Crippen LogP contribution in [-0.2, 0) is 0 Å². The molecule has 0 unspecified atom stereocenters. The van der Waals surface area contributed by atoms with E-state index in [0.717, 1.165) is 12.8 Å². The van der Waals surface area contributed by atoms with E-state index in [4.69, 9.17) is 0 Å². The van der Waals surface area contributed by atoms with Crippen LogP contribution in [0.3, 0.4) is 0 Å². The van der Waals surface area contributed by atoms with Crippen LogP contribution in [0.2, 0.25) is 0 Å². The summed E-state index contributed by atoms with van der Waals surface area (Å²) < 4.78 is 26.0. The third-order valence-corrected chi connectivity index (χ3v) is 2.11. The van der Waals surface area contributed by atoms with E-state index in [9.17, 15) is 8.78 Å². The van der Waals surface area contributed by atoms with Crippen molar-refractivity contribution in [2.24, 2.45) is 0 Å². The van der Waals surface area contributed by atoms with Crippen molar-refractivity contribution in [2.75, 3.05) is 13.1 Å². The zero-order chi connectivity index (χ0) is 8.32. The Morgan fingerprint density at radius 2 is 2.00 bits per heavy atom. The summed E-state index contributed by atoms with van der Waals surface area (Å²) >= 11 is 0. The molecule has 0 aliphatic carbocycles. The van der Waals surface area contributed by atoms with Gasteiger partial charge in [0.1, 0.15) is 0 Å². The van der Waals surface area contributed by atoms with E-state index in [1.807, 2.05) is 6.92 Å². The molecule has 0 N–H and O–H groups in total. The van der Waals surface area contributed by atoms with Gasteiger partial charge in [0.05, 0.1) is 0 Å². The molecule has 1 aliphatic rings. The molecule has 4 heteroatoms. The maximum Gasteiger partial charge on any atom is 0.304 e. The van der Waals surface area contributed by atoms with E-state index in [-0.39, 0.29) is 23.4 Å². The second-order valence-corrected chi connectivity index (χ2v) is 3.11. The third kappa shape index (κ3) is 2.98. The molecule has 1 rings (SSSR count). The first-order valence-corrected chi connectivity index (χ1v) is 4.29. The van der Waals surface area contributed by atoms with E-state index in [2.05, 4.69) is 0 Å². The summed E-state index contributed by atoms with van der Waals surface area (Å²) in [6.07, 6.45) is 2.46. The smallest absolute Gasteiger partial charge is 0.245 e. The van der Waals surface area contributed by atoms with Crippen molar-refractivity contribution >= 4 is 17.0 Å². The number of halogens is 3. The molecule has 12 heavy (non-hydrogen) atoms. The number of hydrogen-bond donors (Lipinski definition) is 0. The van der Waals surface area contributed by atoms with Gasteiger partial charge in [-0.1, -0.05) is 6.92 Å². The maximum absolute atomic E-state index is 13.0. The van der Waals surface area contributed by atoms with Gasteiger partial charge in [0.2, 0.25) is 0 Å². The van der Waals surface area contributed by atoms with Crippen molar-refractivity contribution in [3.8, 4) is 0 Å². The lowest BCUT2D eigenvalue weighted by Crippen LogP contribution is -2.45. The number of likely N-dealkylation sites (tertiary alicyclic amines) is 1. The highest BCUT2D eigenvalue weighted by atomic mass is 79.9. The molecule has 0 saturated carbocycles. The molecule has 0 atom stereocenters. The number of rotatable bonds is 2. The van der Waals surface area contributed by atoms with Crippen molar-refractivity contribution in [3.63, 3.8) is 0 Å². The van der Waals surface area contributed by atoms with Gasteiger partial charge in [0, 0.05) is 19.5 Å². The van der Waals surface area contributed by atoms with Gasteiger partial charge in [-0.3, -0.25) is 0 Å². The largest absolute Gasteiger partial charge is 0.304 e. The van der Waals surface area contributed by atoms with Crippen LogP contribution in [0.4, 0.5) is 8.78 Å². The lowest BCUT2D eigenvalue weighted by atomic mass is 10.1. The number of hydrogen-bond acceptors (Lipinski definition) is 1. The van der Waals surface area contributed by atoms with Gasteiger partial charge in [0.25, 0.3) is 0 Å². The monoisotopic (exact) mass is 243 g/mol. The molecule has 1 aliphatic heterocycles. The Bertz CT molecular complexity index is 128. The normalized spacial score (nSPS) is 23.2. The number of alkyl halides is 2. The molecule has 1 saturated heterocycles. The molecule has 0 aromatic heterocycles. The van der Waals surface area contributed by atoms with Gasteiger partial charge in [-0.05, 0) is 19.3 Å². The van der Waals surface area contributed by atoms with Gasteiger partial charge in [-0.2, -0.15) is 8.78 Å². The molecule has 0 amide bonds. The minimum atomic E-state index is -2.52. The van der Waals surface area contributed by atoms with E-state index in [1.165, 1.54) is 4.90 Å². The first kappa shape index (κ1) is 12.3. The lowest BCUT2D eigenvalue weighted by molar-refractivity contribution is -0.167. The molecule has 0 spiro atoms. The zero-order valence-electron chi connectivity index (χ0n) is 7.35. The fourth-order valence-electron chi connectivity index (χ4n) is 1.51. The van der Waals surface area contributed by atoms with Crippen molar-refractivity contribution in [2.45, 2.75) is 38.7 Å². The first-order chi connectivity index (χ1) is 5.17. The van der Waals surface area contributed by atoms with Gasteiger partial charge in [0.15, 0.2) is 0 Å². The Labute approximate surface area is 82.9 Å². The predicted molar refractivity (Wildman–Crippen MR) is 51.0 cm³/mol. The van der Waals surface area contributed by atoms with E-state index in [1.54, 1.807) is 0 Å². The van der Waals surface area contributed by atoms with Crippen LogP contribution in [0.5, 0.6) is 0 Å². The van der Waals surface area contributed by atoms with E-state index in [0.29, 0.717) is 19.5 Å². The predicted octanol–water partition coefficient (Wildman–Crippen LogP) is 3.05. The van der Waals surface area contributed by atoms with Crippen LogP contribution >= 0.6 is 17.0 Å². The summed E-state index contributed by atoms with van der Waals surface area (Å²) in [7, 11) is 0. The summed E-state index contributed by atoms with van der Waals surface area (Å²) in [6, 6.07) is -2.52. The molecular formula is C8H16BrF2N. The van der Waals surface area contributed by atoms with Crippen LogP contribution in [0, 0.1) is 0 Å². The summed E-state index contributed by atoms with van der Waals surface area (Å²) in [5, 5.41) is 0. The highest BCUT2D eigenvalue weighted by Gasteiger charge is 2.37. The van der Waals surface area contributed by atoms with Crippen LogP contribution in [0.25, 0.3) is 0 Å². The highest BCUT2D eigenvalue weighted by molar-refractivity contribution is 8.93. The Balaban J connectivity index is 0.00000121. The Hall–Kier alpha value is 0.300. The topological polar surface area (TPSA) is 3.24 Å². The van der Waals surface area contributed by atoms with Crippen molar-refractivity contribution in [1.82, 2.24) is 4.90 Å². The van der Waals surface area contributed by atoms with Gasteiger partial charge in [-0.25, -0.2) is 4.90 Å². The Morgan fingerprint density at radius 3 is 2.50 bits per heavy atom. The molecule has 1 heterocycles. The minimum Gasteiger partial charge on any atom is -0.245 e. The molecule has 0 bridgehead atoms. The fraction of sp³-hybridized carbons (Fsp3) is 1.00. The highest BCUT2D eigenvalue weighted by Crippen LogP contribution is 2.30. The van der Waals surface area contributed by atoms with Crippen LogP contribution in [0.1, 0.15) is 32.6 Å². The molecular weight excluding hydrogens is 228 g/mol. The standard InChI is InChI=1S/C8H15F2N.BrH/c1-2-6-11-7-4-3-5-8(11,9)10;/h2-7H2,1H3;1H. The number of nitrogens with zero attached hydrogens (tertiary/aromatic N) is 1. The molecule has 0 radical (unpaired) electrons. The van der Waals surface area contributed by atoms with Crippen LogP contribution < -0.4 is 0 Å². The zero-order valence-corrected chi connectivity index (χ0v) is 9.07. The van der Waals surface area contributed by atoms with E-state index >= 15 is 0 Å². The van der Waals surface area contributed by atoms with Crippen molar-refractivity contribution in [1.29, 1.82) is 0 Å². The van der Waals surface area contributed by atoms with Crippen LogP contribution in [0.15, 0.2) is 0 Å². The fourth-order valence-corrected chi connectivity index (χ4v) is 1.51. The lowest BCUT2D eigenvalue weighted by Gasteiger charge is -2.34. The summed E-state index contributed by atoms with van der Waals surface area (Å²) in [4.78, 5) is 1.30. The second-order valence-electron chi connectivity index (χ2n) is 3.11. The molecule has 74 valence electrons. The van der Waals surface area contributed by atoms with Gasteiger partial charge < -0.3 is 0 Å². The quantitative estimate of drug-likeness (QED) is 0.675. The van der Waals surface area contributed by atoms with Crippen molar-refractivity contribution in [3.05, 3.63) is 0 Å². The summed E-state index contributed by atoms with van der Waals surface area (Å²) in [5.41, 5.74) is 0. The SMILES string of the molecule is Br.CCCN1CCCCC1(F)F. The molecule has 0 aromatic carbocycles. The summed E-state index contributed by atoms with van der Waals surface area (Å²) in [6.45, 7) is 3.04. The molecule has 0 aromatic rings. The van der Waals surface area contributed by atoms with Crippen LogP contribution in [-0.4, -0.2) is 24.0 Å². The van der Waals surface area contributed by atoms with Crippen molar-refractivity contribution < 1.29 is 8.78 Å². The maximum atomic E-state index is 13.0. The average molecular weight is 244 g/mol. The third-order valence-electron chi connectivity index (χ3n) is 2.11. The first-order valence-electron chi connectivity index (χ1n) is 4.29. The average Bonchev–Trinajstić information content (AvgIpc) is 1.94. The Morgan fingerprint density at radius 1 is 1.33 bits per heavy atom. The summed E-state index contributed by atoms with van der Waals surface area (Å²) in [5.74, 6) is 0. The Kier molecular flexibility index (Phi) is 5.25. The second kappa shape index (κ2) is 5.12. The molecule has 1 fully saturated rings. The van der Waals surface area contributed by atoms with Gasteiger partial charge >= 0.3 is 6.05 Å². The van der Waals surface area contributed by atoms with E-state index < -0.39 is 6.05 Å². The van der Waals surface area contributed by atoms with Gasteiger partial charge in [-0.15, -0.1) is 17.0 Å².